The third-order valence-electron chi connectivity index (χ3n) is 1.34. The summed E-state index contributed by atoms with van der Waals surface area (Å²) < 4.78 is 0. The van der Waals surface area contributed by atoms with Gasteiger partial charge in [-0.25, -0.2) is 0 Å². The number of hydrogen-bond donors (Lipinski definition) is 0. The first-order valence-corrected chi connectivity index (χ1v) is 4.76. The highest BCUT2D eigenvalue weighted by Gasteiger charge is 1.99. The molecule has 0 heterocycles. The fourth-order valence-electron chi connectivity index (χ4n) is 0.891. The zero-order valence-corrected chi connectivity index (χ0v) is 9.09. The van der Waals surface area contributed by atoms with Crippen LogP contribution in [-0.2, 0) is 0 Å². The maximum Gasteiger partial charge on any atom is 0.0351 e. The molecule has 0 rings (SSSR count). The number of hydrogen-bond acceptors (Lipinski definition) is 1. The standard InChI is InChI=1S/C7H15Cl2N.ClH/c1-2-5-10(6-3-8)7-4-9;/h2-7H2,1H3;1H/p-1. The second-order valence-corrected chi connectivity index (χ2v) is 2.98. The van der Waals surface area contributed by atoms with Crippen molar-refractivity contribution in [2.75, 3.05) is 31.4 Å². The minimum absolute atomic E-state index is 0. The summed E-state index contributed by atoms with van der Waals surface area (Å²) in [5.74, 6) is 1.41. The summed E-state index contributed by atoms with van der Waals surface area (Å²) in [6, 6.07) is 0. The highest BCUT2D eigenvalue weighted by molar-refractivity contribution is 6.18. The van der Waals surface area contributed by atoms with Gasteiger partial charge in [-0.2, -0.15) is 0 Å². The van der Waals surface area contributed by atoms with Crippen LogP contribution in [-0.4, -0.2) is 36.3 Å². The zero-order valence-electron chi connectivity index (χ0n) is 6.82. The smallest absolute Gasteiger partial charge is 0.0351 e. The fourth-order valence-corrected chi connectivity index (χ4v) is 1.37. The monoisotopic (exact) mass is 218 g/mol. The summed E-state index contributed by atoms with van der Waals surface area (Å²) in [7, 11) is 0. The molecule has 4 heteroatoms. The summed E-state index contributed by atoms with van der Waals surface area (Å²) in [6.07, 6.45) is 1.17. The van der Waals surface area contributed by atoms with Gasteiger partial charge in [-0.05, 0) is 13.0 Å². The van der Waals surface area contributed by atoms with Crippen LogP contribution in [0.3, 0.4) is 0 Å². The molecule has 0 aliphatic rings. The minimum Gasteiger partial charge on any atom is -1.00 e. The lowest BCUT2D eigenvalue weighted by Gasteiger charge is -2.18. The summed E-state index contributed by atoms with van der Waals surface area (Å²) in [5, 5.41) is 0. The van der Waals surface area contributed by atoms with Crippen LogP contribution in [0.25, 0.3) is 0 Å². The Labute approximate surface area is 85.4 Å². The Morgan fingerprint density at radius 3 is 1.73 bits per heavy atom. The normalized spacial score (nSPS) is 9.82. The first kappa shape index (κ1) is 14.4. The van der Waals surface area contributed by atoms with Gasteiger partial charge in [0.05, 0.1) is 0 Å². The molecule has 0 unspecified atom stereocenters. The fraction of sp³-hybridized carbons (Fsp3) is 1.00. The largest absolute Gasteiger partial charge is 1.00 e. The van der Waals surface area contributed by atoms with E-state index in [9.17, 15) is 0 Å². The molecule has 0 amide bonds. The molecule has 0 aromatic rings. The van der Waals surface area contributed by atoms with Crippen molar-refractivity contribution in [2.45, 2.75) is 13.3 Å². The summed E-state index contributed by atoms with van der Waals surface area (Å²) in [5.41, 5.74) is 0. The molecule has 0 fully saturated rings. The topological polar surface area (TPSA) is 3.24 Å². The van der Waals surface area contributed by atoms with Crippen molar-refractivity contribution >= 4 is 23.2 Å². The lowest BCUT2D eigenvalue weighted by atomic mass is 10.4. The van der Waals surface area contributed by atoms with Gasteiger partial charge in [0.1, 0.15) is 0 Å². The van der Waals surface area contributed by atoms with Gasteiger partial charge in [-0.3, -0.25) is 0 Å². The molecule has 0 aliphatic carbocycles. The molecule has 11 heavy (non-hydrogen) atoms. The molecule has 0 aliphatic heterocycles. The van der Waals surface area contributed by atoms with Gasteiger partial charge in [-0.1, -0.05) is 6.92 Å². The highest BCUT2D eigenvalue weighted by Crippen LogP contribution is 1.93. The first-order chi connectivity index (χ1) is 4.85. The molecule has 1 nitrogen and oxygen atoms in total. The van der Waals surface area contributed by atoms with Gasteiger partial charge in [-0.15, -0.1) is 23.2 Å². The molecule has 0 spiro atoms. The zero-order chi connectivity index (χ0) is 7.82. The van der Waals surface area contributed by atoms with Crippen LogP contribution < -0.4 is 12.4 Å². The van der Waals surface area contributed by atoms with Gasteiger partial charge >= 0.3 is 0 Å². The Balaban J connectivity index is 0. The summed E-state index contributed by atoms with van der Waals surface area (Å²) in [6.45, 7) is 5.19. The van der Waals surface area contributed by atoms with Crippen LogP contribution >= 0.6 is 23.2 Å². The van der Waals surface area contributed by atoms with E-state index in [2.05, 4.69) is 11.8 Å². The number of rotatable bonds is 6. The molecule has 0 saturated heterocycles. The van der Waals surface area contributed by atoms with Crippen molar-refractivity contribution in [3.63, 3.8) is 0 Å². The SMILES string of the molecule is CCCN(CCCl)CCCl.[Cl-]. The summed E-state index contributed by atoms with van der Waals surface area (Å²) >= 11 is 11.2. The van der Waals surface area contributed by atoms with Gasteiger partial charge in [0.25, 0.3) is 0 Å². The molecule has 0 radical (unpaired) electrons. The quantitative estimate of drug-likeness (QED) is 0.528. The average Bonchev–Trinajstić information content (AvgIpc) is 1.90. The Morgan fingerprint density at radius 1 is 1.00 bits per heavy atom. The van der Waals surface area contributed by atoms with Crippen LogP contribution in [0.15, 0.2) is 0 Å². The van der Waals surface area contributed by atoms with Crippen LogP contribution in [0.5, 0.6) is 0 Å². The second kappa shape index (κ2) is 10.8. The highest BCUT2D eigenvalue weighted by atomic mass is 35.5. The van der Waals surface area contributed by atoms with E-state index in [-0.39, 0.29) is 12.4 Å². The van der Waals surface area contributed by atoms with Crippen LogP contribution in [0.1, 0.15) is 13.3 Å². The van der Waals surface area contributed by atoms with Crippen molar-refractivity contribution in [2.24, 2.45) is 0 Å². The van der Waals surface area contributed by atoms with E-state index in [0.717, 1.165) is 19.6 Å². The maximum atomic E-state index is 5.58. The molecular weight excluding hydrogens is 204 g/mol. The third-order valence-corrected chi connectivity index (χ3v) is 1.68. The predicted molar refractivity (Wildman–Crippen MR) is 48.2 cm³/mol. The van der Waals surface area contributed by atoms with E-state index >= 15 is 0 Å². The molecule has 0 aromatic heterocycles. The van der Waals surface area contributed by atoms with E-state index in [1.807, 2.05) is 0 Å². The maximum absolute atomic E-state index is 5.58. The van der Waals surface area contributed by atoms with Crippen molar-refractivity contribution in [3.8, 4) is 0 Å². The molecule has 0 bridgehead atoms. The Morgan fingerprint density at radius 2 is 1.45 bits per heavy atom. The minimum atomic E-state index is 0. The van der Waals surface area contributed by atoms with Crippen LogP contribution in [0.4, 0.5) is 0 Å². The van der Waals surface area contributed by atoms with E-state index in [1.165, 1.54) is 6.42 Å². The lowest BCUT2D eigenvalue weighted by molar-refractivity contribution is -0.00000208. The van der Waals surface area contributed by atoms with Gasteiger partial charge < -0.3 is 17.3 Å². The number of nitrogens with zero attached hydrogens (tertiary/aromatic N) is 1. The van der Waals surface area contributed by atoms with Crippen LogP contribution in [0.2, 0.25) is 0 Å². The molecular formula is C7H15Cl3N-. The van der Waals surface area contributed by atoms with Crippen LogP contribution in [0, 0.1) is 0 Å². The van der Waals surface area contributed by atoms with Gasteiger partial charge in [0.15, 0.2) is 0 Å². The molecule has 0 saturated carbocycles. The van der Waals surface area contributed by atoms with Crippen molar-refractivity contribution < 1.29 is 12.4 Å². The molecule has 70 valence electrons. The average molecular weight is 220 g/mol. The second-order valence-electron chi connectivity index (χ2n) is 2.22. The number of alkyl halides is 2. The van der Waals surface area contributed by atoms with Crippen molar-refractivity contribution in [1.29, 1.82) is 0 Å². The van der Waals surface area contributed by atoms with E-state index < -0.39 is 0 Å². The summed E-state index contributed by atoms with van der Waals surface area (Å²) in [4.78, 5) is 2.28. The number of halogens is 3. The van der Waals surface area contributed by atoms with E-state index in [0.29, 0.717) is 11.8 Å². The van der Waals surface area contributed by atoms with E-state index in [4.69, 9.17) is 23.2 Å². The van der Waals surface area contributed by atoms with Gasteiger partial charge in [0, 0.05) is 24.8 Å². The molecule has 0 atom stereocenters. The molecule has 0 aromatic carbocycles. The Kier molecular flexibility index (Phi) is 14.1. The lowest BCUT2D eigenvalue weighted by Crippen LogP contribution is -3.00. The molecule has 0 N–H and O–H groups in total. The Hall–Kier alpha value is 0.830. The van der Waals surface area contributed by atoms with Gasteiger partial charge in [0.2, 0.25) is 0 Å². The van der Waals surface area contributed by atoms with Crippen molar-refractivity contribution in [1.82, 2.24) is 4.90 Å². The third kappa shape index (κ3) is 8.74. The Bertz CT molecular complexity index is 56.4. The first-order valence-electron chi connectivity index (χ1n) is 3.69. The predicted octanol–water partition coefficient (Wildman–Crippen LogP) is -0.820. The van der Waals surface area contributed by atoms with Crippen molar-refractivity contribution in [3.05, 3.63) is 0 Å². The van der Waals surface area contributed by atoms with E-state index in [1.54, 1.807) is 0 Å².